The molecule has 1 amide bonds. The van der Waals surface area contributed by atoms with Crippen molar-refractivity contribution in [2.45, 2.75) is 51.5 Å². The highest BCUT2D eigenvalue weighted by atomic mass is 16.3. The number of aliphatic hydroxyl groups is 1. The predicted molar refractivity (Wildman–Crippen MR) is 68.4 cm³/mol. The summed E-state index contributed by atoms with van der Waals surface area (Å²) in [6, 6.07) is 0.0418. The zero-order valence-electron chi connectivity index (χ0n) is 10.8. The summed E-state index contributed by atoms with van der Waals surface area (Å²) in [6.45, 7) is 2.94. The number of aliphatic hydroxyl groups excluding tert-OH is 1. The van der Waals surface area contributed by atoms with E-state index in [2.05, 4.69) is 5.32 Å². The molecule has 1 aliphatic rings. The molecule has 0 aromatic carbocycles. The second-order valence-corrected chi connectivity index (χ2v) is 5.28. The maximum atomic E-state index is 11.9. The van der Waals surface area contributed by atoms with Crippen LogP contribution in [0.3, 0.4) is 0 Å². The van der Waals surface area contributed by atoms with Crippen LogP contribution in [0.5, 0.6) is 0 Å². The summed E-state index contributed by atoms with van der Waals surface area (Å²) < 4.78 is 0. The molecule has 0 aromatic heterocycles. The lowest BCUT2D eigenvalue weighted by molar-refractivity contribution is -0.126. The Kier molecular flexibility index (Phi) is 6.52. The van der Waals surface area contributed by atoms with E-state index in [9.17, 15) is 4.79 Å². The largest absolute Gasteiger partial charge is 0.396 e. The van der Waals surface area contributed by atoms with Crippen LogP contribution in [0.4, 0.5) is 0 Å². The molecule has 0 bridgehead atoms. The molecule has 3 atom stereocenters. The Labute approximate surface area is 104 Å². The zero-order chi connectivity index (χ0) is 12.7. The number of rotatable bonds is 6. The van der Waals surface area contributed by atoms with E-state index >= 15 is 0 Å². The molecule has 0 aliphatic heterocycles. The summed E-state index contributed by atoms with van der Waals surface area (Å²) in [7, 11) is 0. The van der Waals surface area contributed by atoms with Crippen molar-refractivity contribution < 1.29 is 9.90 Å². The summed E-state index contributed by atoms with van der Waals surface area (Å²) in [4.78, 5) is 11.9. The van der Waals surface area contributed by atoms with Crippen molar-refractivity contribution in [1.82, 2.24) is 5.32 Å². The Bertz CT molecular complexity index is 233. The molecule has 0 radical (unpaired) electrons. The molecule has 1 saturated carbocycles. The molecule has 0 spiro atoms. The van der Waals surface area contributed by atoms with Crippen molar-refractivity contribution in [2.75, 3.05) is 13.2 Å². The Balaban J connectivity index is 2.15. The molecular weight excluding hydrogens is 216 g/mol. The first-order chi connectivity index (χ1) is 8.15. The van der Waals surface area contributed by atoms with Gasteiger partial charge >= 0.3 is 0 Å². The third-order valence-electron chi connectivity index (χ3n) is 3.64. The number of carbonyl (C=O) groups is 1. The molecule has 1 fully saturated rings. The van der Waals surface area contributed by atoms with Gasteiger partial charge in [-0.3, -0.25) is 4.79 Å². The van der Waals surface area contributed by atoms with Crippen molar-refractivity contribution in [3.8, 4) is 0 Å². The van der Waals surface area contributed by atoms with E-state index in [-0.39, 0.29) is 24.5 Å². The highest BCUT2D eigenvalue weighted by molar-refractivity contribution is 5.79. The molecule has 4 nitrogen and oxygen atoms in total. The Morgan fingerprint density at radius 2 is 2.18 bits per heavy atom. The van der Waals surface area contributed by atoms with Gasteiger partial charge in [0.15, 0.2) is 0 Å². The van der Waals surface area contributed by atoms with Crippen LogP contribution < -0.4 is 11.1 Å². The fourth-order valence-corrected chi connectivity index (χ4v) is 2.37. The highest BCUT2D eigenvalue weighted by Gasteiger charge is 2.27. The van der Waals surface area contributed by atoms with Gasteiger partial charge in [-0.1, -0.05) is 19.8 Å². The van der Waals surface area contributed by atoms with Gasteiger partial charge in [-0.05, 0) is 31.6 Å². The minimum Gasteiger partial charge on any atom is -0.396 e. The molecule has 17 heavy (non-hydrogen) atoms. The first kappa shape index (κ1) is 14.5. The van der Waals surface area contributed by atoms with Crippen LogP contribution in [-0.2, 0) is 4.79 Å². The average Bonchev–Trinajstić information content (AvgIpc) is 2.34. The molecule has 0 aromatic rings. The Hall–Kier alpha value is -0.610. The maximum absolute atomic E-state index is 11.9. The van der Waals surface area contributed by atoms with E-state index in [0.717, 1.165) is 38.5 Å². The molecule has 4 N–H and O–H groups in total. The average molecular weight is 242 g/mol. The van der Waals surface area contributed by atoms with Gasteiger partial charge in [-0.2, -0.15) is 0 Å². The third-order valence-corrected chi connectivity index (χ3v) is 3.64. The first-order valence-corrected chi connectivity index (χ1v) is 6.79. The number of nitrogens with two attached hydrogens (primary N) is 1. The normalized spacial score (nSPS) is 26.5. The van der Waals surface area contributed by atoms with E-state index < -0.39 is 0 Å². The summed E-state index contributed by atoms with van der Waals surface area (Å²) in [5, 5.41) is 11.8. The molecule has 3 unspecified atom stereocenters. The first-order valence-electron chi connectivity index (χ1n) is 6.79. The van der Waals surface area contributed by atoms with Gasteiger partial charge in [0.25, 0.3) is 0 Å². The predicted octanol–water partition coefficient (Wildman–Crippen LogP) is 1.03. The Morgan fingerprint density at radius 3 is 2.82 bits per heavy atom. The van der Waals surface area contributed by atoms with Crippen LogP contribution in [0.15, 0.2) is 0 Å². The summed E-state index contributed by atoms with van der Waals surface area (Å²) in [6.07, 6.45) is 6.05. The van der Waals surface area contributed by atoms with Crippen LogP contribution in [0, 0.1) is 11.8 Å². The van der Waals surface area contributed by atoms with E-state index in [1.807, 2.05) is 6.92 Å². The van der Waals surface area contributed by atoms with Crippen molar-refractivity contribution in [2.24, 2.45) is 17.6 Å². The smallest absolute Gasteiger partial charge is 0.224 e. The SMILES string of the molecule is CC(CO)CCCNC(=O)C1CCCCC1N. The quantitative estimate of drug-likeness (QED) is 0.609. The minimum absolute atomic E-state index is 0.0130. The van der Waals surface area contributed by atoms with Gasteiger partial charge in [0.1, 0.15) is 0 Å². The van der Waals surface area contributed by atoms with E-state index in [1.165, 1.54) is 0 Å². The molecule has 1 rings (SSSR count). The fourth-order valence-electron chi connectivity index (χ4n) is 2.37. The summed E-state index contributed by atoms with van der Waals surface area (Å²) >= 11 is 0. The van der Waals surface area contributed by atoms with Gasteiger partial charge in [-0.25, -0.2) is 0 Å². The zero-order valence-corrected chi connectivity index (χ0v) is 10.8. The molecule has 1 aliphatic carbocycles. The molecule has 0 saturated heterocycles. The number of amides is 1. The minimum atomic E-state index is 0.0130. The van der Waals surface area contributed by atoms with Gasteiger partial charge in [0.2, 0.25) is 5.91 Å². The van der Waals surface area contributed by atoms with Crippen LogP contribution in [0.25, 0.3) is 0 Å². The second-order valence-electron chi connectivity index (χ2n) is 5.28. The van der Waals surface area contributed by atoms with E-state index in [0.29, 0.717) is 12.5 Å². The fraction of sp³-hybridized carbons (Fsp3) is 0.923. The summed E-state index contributed by atoms with van der Waals surface area (Å²) in [5.41, 5.74) is 5.96. The topological polar surface area (TPSA) is 75.3 Å². The van der Waals surface area contributed by atoms with Gasteiger partial charge in [0.05, 0.1) is 5.92 Å². The lowest BCUT2D eigenvalue weighted by Gasteiger charge is -2.27. The van der Waals surface area contributed by atoms with Gasteiger partial charge in [-0.15, -0.1) is 0 Å². The second kappa shape index (κ2) is 7.67. The number of hydrogen-bond donors (Lipinski definition) is 3. The van der Waals surface area contributed by atoms with Crippen molar-refractivity contribution in [3.63, 3.8) is 0 Å². The van der Waals surface area contributed by atoms with Crippen LogP contribution in [0.2, 0.25) is 0 Å². The van der Waals surface area contributed by atoms with E-state index in [1.54, 1.807) is 0 Å². The summed E-state index contributed by atoms with van der Waals surface area (Å²) in [5.74, 6) is 0.455. The van der Waals surface area contributed by atoms with Crippen LogP contribution >= 0.6 is 0 Å². The number of carbonyl (C=O) groups excluding carboxylic acids is 1. The van der Waals surface area contributed by atoms with E-state index in [4.69, 9.17) is 10.8 Å². The third kappa shape index (κ3) is 5.04. The molecule has 4 heteroatoms. The van der Waals surface area contributed by atoms with Gasteiger partial charge in [0, 0.05) is 19.2 Å². The molecule has 100 valence electrons. The molecular formula is C13H26N2O2. The number of hydrogen-bond acceptors (Lipinski definition) is 3. The van der Waals surface area contributed by atoms with Gasteiger partial charge < -0.3 is 16.2 Å². The van der Waals surface area contributed by atoms with Crippen molar-refractivity contribution in [3.05, 3.63) is 0 Å². The monoisotopic (exact) mass is 242 g/mol. The van der Waals surface area contributed by atoms with Crippen LogP contribution in [-0.4, -0.2) is 30.2 Å². The highest BCUT2D eigenvalue weighted by Crippen LogP contribution is 2.22. The van der Waals surface area contributed by atoms with Crippen LogP contribution in [0.1, 0.15) is 45.4 Å². The standard InChI is InChI=1S/C13H26N2O2/c1-10(9-16)5-4-8-15-13(17)11-6-2-3-7-12(11)14/h10-12,16H,2-9,14H2,1H3,(H,15,17). The number of nitrogens with one attached hydrogen (secondary N) is 1. The van der Waals surface area contributed by atoms with Crippen molar-refractivity contribution in [1.29, 1.82) is 0 Å². The van der Waals surface area contributed by atoms with Crippen molar-refractivity contribution >= 4 is 5.91 Å². The lowest BCUT2D eigenvalue weighted by Crippen LogP contribution is -2.43. The lowest BCUT2D eigenvalue weighted by atomic mass is 9.84. The maximum Gasteiger partial charge on any atom is 0.224 e. The Morgan fingerprint density at radius 1 is 1.47 bits per heavy atom. The molecule has 0 heterocycles.